The van der Waals surface area contributed by atoms with Crippen LogP contribution in [-0.2, 0) is 9.53 Å². The maximum Gasteiger partial charge on any atom is 0.308 e. The lowest BCUT2D eigenvalue weighted by atomic mass is 9.91. The van der Waals surface area contributed by atoms with Crippen molar-refractivity contribution in [3.8, 4) is 11.8 Å². The molecule has 2 fully saturated rings. The number of esters is 1. The number of carbonyl (C=O) groups excluding carboxylic acids is 2. The average molecular weight is 527 g/mol. The summed E-state index contributed by atoms with van der Waals surface area (Å²) < 4.78 is 11.2. The normalized spacial score (nSPS) is 23.1. The number of nitrogens with one attached hydrogen (secondary N) is 1. The van der Waals surface area contributed by atoms with Crippen molar-refractivity contribution in [3.05, 3.63) is 65.9 Å². The minimum Gasteiger partial charge on any atom is -0.490 e. The van der Waals surface area contributed by atoms with Gasteiger partial charge >= 0.3 is 5.97 Å². The summed E-state index contributed by atoms with van der Waals surface area (Å²) in [6, 6.07) is 17.6. The summed E-state index contributed by atoms with van der Waals surface area (Å²) in [6.45, 7) is 2.91. The van der Waals surface area contributed by atoms with Crippen molar-refractivity contribution in [2.24, 2.45) is 5.92 Å². The first-order valence-corrected chi connectivity index (χ1v) is 13.7. The molecule has 0 bridgehead atoms. The summed E-state index contributed by atoms with van der Waals surface area (Å²) in [7, 11) is 1.44. The van der Waals surface area contributed by atoms with Crippen LogP contribution in [0.2, 0.25) is 0 Å². The fourth-order valence-corrected chi connectivity index (χ4v) is 5.85. The Labute approximate surface area is 228 Å². The van der Waals surface area contributed by atoms with Gasteiger partial charge in [-0.05, 0) is 94.0 Å². The Kier molecular flexibility index (Phi) is 7.97. The number of nitrogens with zero attached hydrogens (tertiary/aromatic N) is 3. The van der Waals surface area contributed by atoms with Crippen LogP contribution in [0.1, 0.15) is 61.4 Å². The molecule has 1 saturated heterocycles. The van der Waals surface area contributed by atoms with Gasteiger partial charge < -0.3 is 19.7 Å². The Balaban J connectivity index is 1.13. The zero-order valence-electron chi connectivity index (χ0n) is 22.4. The molecule has 1 N–H and O–H groups in total. The third-order valence-corrected chi connectivity index (χ3v) is 8.02. The summed E-state index contributed by atoms with van der Waals surface area (Å²) >= 11 is 0. The quantitative estimate of drug-likeness (QED) is 0.451. The van der Waals surface area contributed by atoms with Gasteiger partial charge in [0, 0.05) is 41.5 Å². The lowest BCUT2D eigenvalue weighted by molar-refractivity contribution is -0.146. The Morgan fingerprint density at radius 3 is 2.51 bits per heavy atom. The molecule has 1 aromatic heterocycles. The van der Waals surface area contributed by atoms with Crippen molar-refractivity contribution in [1.29, 1.82) is 5.26 Å². The lowest BCUT2D eigenvalue weighted by Crippen LogP contribution is -2.43. The zero-order chi connectivity index (χ0) is 27.4. The van der Waals surface area contributed by atoms with Gasteiger partial charge in [0.25, 0.3) is 5.91 Å². The molecular weight excluding hydrogens is 492 g/mol. The number of rotatable bonds is 6. The van der Waals surface area contributed by atoms with E-state index in [2.05, 4.69) is 28.2 Å². The molecule has 1 aliphatic heterocycles. The number of methoxy groups -OCH3 is 1. The van der Waals surface area contributed by atoms with Gasteiger partial charge in [-0.1, -0.05) is 0 Å². The largest absolute Gasteiger partial charge is 0.490 e. The van der Waals surface area contributed by atoms with Gasteiger partial charge in [0.05, 0.1) is 30.2 Å². The van der Waals surface area contributed by atoms with Crippen molar-refractivity contribution >= 4 is 28.5 Å². The third-order valence-electron chi connectivity index (χ3n) is 8.02. The van der Waals surface area contributed by atoms with Gasteiger partial charge in [-0.2, -0.15) is 5.26 Å². The zero-order valence-corrected chi connectivity index (χ0v) is 22.4. The second-order valence-corrected chi connectivity index (χ2v) is 10.5. The van der Waals surface area contributed by atoms with Crippen LogP contribution in [-0.4, -0.2) is 48.7 Å². The van der Waals surface area contributed by atoms with Crippen LogP contribution in [0.3, 0.4) is 0 Å². The Morgan fingerprint density at radius 1 is 1.05 bits per heavy atom. The number of aromatic nitrogens is 1. The van der Waals surface area contributed by atoms with E-state index in [9.17, 15) is 14.9 Å². The maximum atomic E-state index is 13.0. The molecule has 2 atom stereocenters. The van der Waals surface area contributed by atoms with Crippen LogP contribution in [0.5, 0.6) is 5.75 Å². The number of ether oxygens (including phenoxy) is 2. The van der Waals surface area contributed by atoms with E-state index in [1.807, 2.05) is 42.5 Å². The highest BCUT2D eigenvalue weighted by molar-refractivity contribution is 5.94. The molecule has 5 rings (SSSR count). The first-order chi connectivity index (χ1) is 19.0. The van der Waals surface area contributed by atoms with Gasteiger partial charge in [0.1, 0.15) is 11.8 Å². The number of hydrogen-bond donors (Lipinski definition) is 1. The number of anilines is 1. The Bertz CT molecular complexity index is 1380. The van der Waals surface area contributed by atoms with Gasteiger partial charge in [0.15, 0.2) is 0 Å². The second-order valence-electron chi connectivity index (χ2n) is 10.5. The molecule has 0 unspecified atom stereocenters. The van der Waals surface area contributed by atoms with Crippen LogP contribution in [0, 0.1) is 17.2 Å². The molecule has 8 heteroatoms. The molecule has 3 aromatic rings. The monoisotopic (exact) mass is 526 g/mol. The van der Waals surface area contributed by atoms with Crippen molar-refractivity contribution in [1.82, 2.24) is 10.3 Å². The molecule has 2 aromatic carbocycles. The number of fused-ring (bicyclic) bond motifs is 1. The standard InChI is InChI=1S/C31H34N4O4/c1-20-18-22(31(37)38-2)15-17-35(20)25-10-5-21(6-11-25)30(36)34-24-8-12-26(13-9-24)39-28-14-7-23(19-32)29-27(28)4-3-16-33-29/h3-7,10-11,14,16,20,22,24,26H,8-9,12-13,15,17-18H2,1-2H3,(H,34,36)/t20-,22-,24?,26?/m1/s1. The Morgan fingerprint density at radius 2 is 1.82 bits per heavy atom. The van der Waals surface area contributed by atoms with E-state index in [0.29, 0.717) is 16.6 Å². The molecule has 202 valence electrons. The first-order valence-electron chi connectivity index (χ1n) is 13.7. The van der Waals surface area contributed by atoms with Gasteiger partial charge in [-0.3, -0.25) is 14.6 Å². The number of nitriles is 1. The van der Waals surface area contributed by atoms with E-state index >= 15 is 0 Å². The fraction of sp³-hybridized carbons (Fsp3) is 0.419. The number of piperidine rings is 1. The molecule has 8 nitrogen and oxygen atoms in total. The number of carbonyl (C=O) groups is 2. The maximum absolute atomic E-state index is 13.0. The second kappa shape index (κ2) is 11.7. The first kappa shape index (κ1) is 26.5. The van der Waals surface area contributed by atoms with E-state index in [-0.39, 0.29) is 36.0 Å². The molecule has 2 aliphatic rings. The minimum absolute atomic E-state index is 0.0488. The van der Waals surface area contributed by atoms with Gasteiger partial charge in [-0.15, -0.1) is 0 Å². The smallest absolute Gasteiger partial charge is 0.308 e. The van der Waals surface area contributed by atoms with E-state index in [4.69, 9.17) is 9.47 Å². The SMILES string of the molecule is COC(=O)[C@@H]1CCN(c2ccc(C(=O)NC3CCC(Oc4ccc(C#N)c5ncccc45)CC3)cc2)[C@H](C)C1. The van der Waals surface area contributed by atoms with Crippen LogP contribution in [0.4, 0.5) is 5.69 Å². The minimum atomic E-state index is -0.130. The summed E-state index contributed by atoms with van der Waals surface area (Å²) in [5.41, 5.74) is 2.90. The lowest BCUT2D eigenvalue weighted by Gasteiger charge is -2.38. The molecule has 1 aliphatic carbocycles. The Hall–Kier alpha value is -4.12. The topological polar surface area (TPSA) is 105 Å². The summed E-state index contributed by atoms with van der Waals surface area (Å²) in [4.78, 5) is 31.5. The van der Waals surface area contributed by atoms with E-state index in [1.54, 1.807) is 12.3 Å². The molecule has 39 heavy (non-hydrogen) atoms. The van der Waals surface area contributed by atoms with Crippen LogP contribution in [0.25, 0.3) is 10.9 Å². The van der Waals surface area contributed by atoms with E-state index in [1.165, 1.54) is 7.11 Å². The summed E-state index contributed by atoms with van der Waals surface area (Å²) in [5, 5.41) is 13.4. The number of benzene rings is 2. The van der Waals surface area contributed by atoms with Crippen molar-refractivity contribution in [2.45, 2.75) is 63.6 Å². The molecule has 0 radical (unpaired) electrons. The highest BCUT2D eigenvalue weighted by atomic mass is 16.5. The van der Waals surface area contributed by atoms with Crippen molar-refractivity contribution in [2.75, 3.05) is 18.6 Å². The molecule has 1 saturated carbocycles. The van der Waals surface area contributed by atoms with Crippen LogP contribution < -0.4 is 15.0 Å². The van der Waals surface area contributed by atoms with Crippen molar-refractivity contribution < 1.29 is 19.1 Å². The highest BCUT2D eigenvalue weighted by Gasteiger charge is 2.31. The predicted octanol–water partition coefficient (Wildman–Crippen LogP) is 5.00. The van der Waals surface area contributed by atoms with Crippen LogP contribution in [0.15, 0.2) is 54.7 Å². The third kappa shape index (κ3) is 5.83. The van der Waals surface area contributed by atoms with E-state index in [0.717, 1.165) is 61.9 Å². The molecular formula is C31H34N4O4. The van der Waals surface area contributed by atoms with Gasteiger partial charge in [-0.25, -0.2) is 0 Å². The van der Waals surface area contributed by atoms with Crippen molar-refractivity contribution in [3.63, 3.8) is 0 Å². The predicted molar refractivity (Wildman–Crippen MR) is 149 cm³/mol. The summed E-state index contributed by atoms with van der Waals surface area (Å²) in [5.74, 6) is 0.502. The molecule has 0 spiro atoms. The number of amides is 1. The fourth-order valence-electron chi connectivity index (χ4n) is 5.85. The summed E-state index contributed by atoms with van der Waals surface area (Å²) in [6.07, 6.45) is 6.63. The highest BCUT2D eigenvalue weighted by Crippen LogP contribution is 2.31. The average Bonchev–Trinajstić information content (AvgIpc) is 2.98. The van der Waals surface area contributed by atoms with Crippen LogP contribution >= 0.6 is 0 Å². The number of hydrogen-bond acceptors (Lipinski definition) is 7. The van der Waals surface area contributed by atoms with E-state index < -0.39 is 0 Å². The molecule has 1 amide bonds. The number of pyridine rings is 1. The molecule has 2 heterocycles. The van der Waals surface area contributed by atoms with Gasteiger partial charge in [0.2, 0.25) is 0 Å².